The summed E-state index contributed by atoms with van der Waals surface area (Å²) >= 11 is 1.69. The van der Waals surface area contributed by atoms with Crippen molar-refractivity contribution >= 4 is 23.1 Å². The molecule has 2 N–H and O–H groups in total. The molecule has 6 heteroatoms. The number of nitrogens with zero attached hydrogens (tertiary/aromatic N) is 2. The predicted octanol–water partition coefficient (Wildman–Crippen LogP) is 3.71. The molecule has 1 aliphatic rings. The summed E-state index contributed by atoms with van der Waals surface area (Å²) in [5.74, 6) is 0.943. The van der Waals surface area contributed by atoms with E-state index < -0.39 is 0 Å². The fourth-order valence-electron chi connectivity index (χ4n) is 3.28. The molecular formula is C20H22N4OS. The number of thiophene rings is 1. The van der Waals surface area contributed by atoms with Crippen molar-refractivity contribution in [2.24, 2.45) is 0 Å². The third kappa shape index (κ3) is 3.51. The van der Waals surface area contributed by atoms with Gasteiger partial charge in [0.15, 0.2) is 5.82 Å². The van der Waals surface area contributed by atoms with Gasteiger partial charge in [-0.1, -0.05) is 25.1 Å². The van der Waals surface area contributed by atoms with Gasteiger partial charge in [0.1, 0.15) is 0 Å². The summed E-state index contributed by atoms with van der Waals surface area (Å²) in [6, 6.07) is 14.2. The summed E-state index contributed by atoms with van der Waals surface area (Å²) in [7, 11) is 0. The summed E-state index contributed by atoms with van der Waals surface area (Å²) in [4.78, 5) is 15.9. The standard InChI is InChI=1S/C20H22N4OS/c1-2-14-5-7-15(8-6-14)20(25)21-16-9-10-24(13-16)19-12-17(22-23-19)18-4-3-11-26-18/h3-8,11-12,16H,2,9-10,13H2,1H3,(H,21,25)(H,22,23)/t16-/m0/s1. The number of carbonyl (C=O) groups is 1. The van der Waals surface area contributed by atoms with Crippen LogP contribution < -0.4 is 10.2 Å². The monoisotopic (exact) mass is 366 g/mol. The zero-order chi connectivity index (χ0) is 17.9. The molecule has 3 aromatic rings. The molecule has 1 aliphatic heterocycles. The molecule has 1 saturated heterocycles. The zero-order valence-electron chi connectivity index (χ0n) is 14.7. The molecular weight excluding hydrogens is 344 g/mol. The van der Waals surface area contributed by atoms with Crippen LogP contribution >= 0.6 is 11.3 Å². The van der Waals surface area contributed by atoms with Crippen molar-refractivity contribution in [3.63, 3.8) is 0 Å². The number of hydrogen-bond donors (Lipinski definition) is 2. The molecule has 0 saturated carbocycles. The second kappa shape index (κ2) is 7.33. The number of carbonyl (C=O) groups excluding carboxylic acids is 1. The number of aryl methyl sites for hydroxylation is 1. The van der Waals surface area contributed by atoms with Crippen molar-refractivity contribution in [3.8, 4) is 10.6 Å². The van der Waals surface area contributed by atoms with E-state index in [4.69, 9.17) is 0 Å². The van der Waals surface area contributed by atoms with Gasteiger partial charge in [0.05, 0.1) is 10.6 Å². The van der Waals surface area contributed by atoms with Gasteiger partial charge in [0, 0.05) is 30.8 Å². The van der Waals surface area contributed by atoms with Gasteiger partial charge in [-0.25, -0.2) is 0 Å². The third-order valence-electron chi connectivity index (χ3n) is 4.82. The Hall–Kier alpha value is -2.60. The molecule has 1 aromatic carbocycles. The van der Waals surface area contributed by atoms with E-state index in [2.05, 4.69) is 44.9 Å². The largest absolute Gasteiger partial charge is 0.353 e. The Labute approximate surface area is 157 Å². The van der Waals surface area contributed by atoms with Crippen LogP contribution in [0.25, 0.3) is 10.6 Å². The molecule has 0 bridgehead atoms. The summed E-state index contributed by atoms with van der Waals surface area (Å²) in [5.41, 5.74) is 3.01. The molecule has 26 heavy (non-hydrogen) atoms. The first-order chi connectivity index (χ1) is 12.7. The molecule has 2 aromatic heterocycles. The van der Waals surface area contributed by atoms with E-state index in [1.807, 2.05) is 30.3 Å². The fraction of sp³-hybridized carbons (Fsp3) is 0.300. The lowest BCUT2D eigenvalue weighted by atomic mass is 10.1. The van der Waals surface area contributed by atoms with E-state index in [9.17, 15) is 4.79 Å². The minimum Gasteiger partial charge on any atom is -0.353 e. The smallest absolute Gasteiger partial charge is 0.251 e. The van der Waals surface area contributed by atoms with E-state index in [1.165, 1.54) is 10.4 Å². The molecule has 1 atom stereocenters. The molecule has 1 amide bonds. The number of H-pyrrole nitrogens is 1. The van der Waals surface area contributed by atoms with Crippen LogP contribution in [0.3, 0.4) is 0 Å². The lowest BCUT2D eigenvalue weighted by molar-refractivity contribution is 0.0940. The van der Waals surface area contributed by atoms with Crippen LogP contribution in [0, 0.1) is 0 Å². The number of anilines is 1. The van der Waals surface area contributed by atoms with Crippen LogP contribution in [0.4, 0.5) is 5.82 Å². The minimum absolute atomic E-state index is 0.000746. The molecule has 4 rings (SSSR count). The summed E-state index contributed by atoms with van der Waals surface area (Å²) in [5, 5.41) is 12.8. The highest BCUT2D eigenvalue weighted by Crippen LogP contribution is 2.27. The van der Waals surface area contributed by atoms with E-state index in [1.54, 1.807) is 11.3 Å². The number of benzene rings is 1. The lowest BCUT2D eigenvalue weighted by Crippen LogP contribution is -2.37. The molecule has 134 valence electrons. The van der Waals surface area contributed by atoms with Gasteiger partial charge in [-0.15, -0.1) is 11.3 Å². The number of nitrogens with one attached hydrogen (secondary N) is 2. The molecule has 0 radical (unpaired) electrons. The van der Waals surface area contributed by atoms with Gasteiger partial charge in [0.2, 0.25) is 0 Å². The topological polar surface area (TPSA) is 61.0 Å². The van der Waals surface area contributed by atoms with Gasteiger partial charge in [-0.3, -0.25) is 9.89 Å². The molecule has 0 aliphatic carbocycles. The highest BCUT2D eigenvalue weighted by atomic mass is 32.1. The van der Waals surface area contributed by atoms with Crippen LogP contribution in [-0.2, 0) is 6.42 Å². The number of aromatic amines is 1. The maximum absolute atomic E-state index is 12.5. The van der Waals surface area contributed by atoms with Gasteiger partial charge >= 0.3 is 0 Å². The van der Waals surface area contributed by atoms with Crippen LogP contribution in [-0.4, -0.2) is 35.2 Å². The number of hydrogen-bond acceptors (Lipinski definition) is 4. The highest BCUT2D eigenvalue weighted by molar-refractivity contribution is 7.13. The normalized spacial score (nSPS) is 16.8. The van der Waals surface area contributed by atoms with Crippen molar-refractivity contribution in [1.82, 2.24) is 15.5 Å². The quantitative estimate of drug-likeness (QED) is 0.724. The molecule has 1 fully saturated rings. The third-order valence-corrected chi connectivity index (χ3v) is 5.73. The summed E-state index contributed by atoms with van der Waals surface area (Å²) < 4.78 is 0. The maximum atomic E-state index is 12.5. The Balaban J connectivity index is 1.37. The van der Waals surface area contributed by atoms with E-state index in [0.717, 1.165) is 43.0 Å². The van der Waals surface area contributed by atoms with Crippen LogP contribution in [0.2, 0.25) is 0 Å². The van der Waals surface area contributed by atoms with Gasteiger partial charge in [-0.05, 0) is 42.0 Å². The van der Waals surface area contributed by atoms with Crippen molar-refractivity contribution in [2.75, 3.05) is 18.0 Å². The van der Waals surface area contributed by atoms with E-state index in [-0.39, 0.29) is 11.9 Å². The van der Waals surface area contributed by atoms with Crippen LogP contribution in [0.1, 0.15) is 29.3 Å². The Morgan fingerprint density at radius 2 is 2.19 bits per heavy atom. The van der Waals surface area contributed by atoms with E-state index in [0.29, 0.717) is 0 Å². The molecule has 3 heterocycles. The lowest BCUT2D eigenvalue weighted by Gasteiger charge is -2.16. The molecule has 0 spiro atoms. The number of aromatic nitrogens is 2. The van der Waals surface area contributed by atoms with Gasteiger partial charge in [-0.2, -0.15) is 5.10 Å². The summed E-state index contributed by atoms with van der Waals surface area (Å²) in [6.45, 7) is 3.79. The first-order valence-electron chi connectivity index (χ1n) is 8.97. The van der Waals surface area contributed by atoms with Crippen LogP contribution in [0.15, 0.2) is 47.8 Å². The number of amides is 1. The maximum Gasteiger partial charge on any atom is 0.251 e. The Bertz CT molecular complexity index is 870. The number of rotatable bonds is 5. The van der Waals surface area contributed by atoms with Crippen molar-refractivity contribution in [2.45, 2.75) is 25.8 Å². The average Bonchev–Trinajstić information content (AvgIpc) is 3.41. The first-order valence-corrected chi connectivity index (χ1v) is 9.85. The van der Waals surface area contributed by atoms with Crippen LogP contribution in [0.5, 0.6) is 0 Å². The zero-order valence-corrected chi connectivity index (χ0v) is 15.6. The fourth-order valence-corrected chi connectivity index (χ4v) is 3.97. The van der Waals surface area contributed by atoms with Crippen molar-refractivity contribution in [1.29, 1.82) is 0 Å². The Kier molecular flexibility index (Phi) is 4.75. The van der Waals surface area contributed by atoms with Gasteiger partial charge < -0.3 is 10.2 Å². The predicted molar refractivity (Wildman–Crippen MR) is 106 cm³/mol. The molecule has 5 nitrogen and oxygen atoms in total. The van der Waals surface area contributed by atoms with E-state index >= 15 is 0 Å². The van der Waals surface area contributed by atoms with Crippen molar-refractivity contribution < 1.29 is 4.79 Å². The summed E-state index contributed by atoms with van der Waals surface area (Å²) in [6.07, 6.45) is 1.91. The highest BCUT2D eigenvalue weighted by Gasteiger charge is 2.26. The first kappa shape index (κ1) is 16.8. The Morgan fingerprint density at radius 1 is 1.35 bits per heavy atom. The van der Waals surface area contributed by atoms with Crippen molar-refractivity contribution in [3.05, 3.63) is 59.0 Å². The van der Waals surface area contributed by atoms with Gasteiger partial charge in [0.25, 0.3) is 5.91 Å². The Morgan fingerprint density at radius 3 is 2.92 bits per heavy atom. The minimum atomic E-state index is 0.000746. The SMILES string of the molecule is CCc1ccc(C(=O)N[C@H]2CCN(c3cc(-c4cccs4)[nH]n3)C2)cc1. The average molecular weight is 366 g/mol. The second-order valence-electron chi connectivity index (χ2n) is 6.57. The molecule has 0 unspecified atom stereocenters. The second-order valence-corrected chi connectivity index (χ2v) is 7.52.